The van der Waals surface area contributed by atoms with Crippen LogP contribution in [0.15, 0.2) is 42.9 Å². The normalized spacial score (nSPS) is 15.1. The Morgan fingerprint density at radius 2 is 1.76 bits per heavy atom. The Labute approximate surface area is 128 Å². The van der Waals surface area contributed by atoms with Crippen LogP contribution in [0.1, 0.15) is 10.4 Å². The van der Waals surface area contributed by atoms with Gasteiger partial charge in [0.05, 0.1) is 5.56 Å². The third-order valence-electron chi connectivity index (χ3n) is 3.57. The minimum Gasteiger partial charge on any atom is -0.368 e. The van der Waals surface area contributed by atoms with Gasteiger partial charge in [0.2, 0.25) is 0 Å². The maximum atomic E-state index is 12.4. The molecule has 6 heteroatoms. The summed E-state index contributed by atoms with van der Waals surface area (Å²) in [6.45, 7) is 3.03. The number of carbonyl (C=O) groups excluding carboxylic acids is 1. The molecule has 2 aromatic heterocycles. The Morgan fingerprint density at radius 3 is 2.38 bits per heavy atom. The van der Waals surface area contributed by atoms with E-state index in [1.54, 1.807) is 24.5 Å². The van der Waals surface area contributed by atoms with Crippen molar-refractivity contribution in [2.75, 3.05) is 31.1 Å². The number of piperazine rings is 1. The van der Waals surface area contributed by atoms with Gasteiger partial charge in [0.1, 0.15) is 5.15 Å². The monoisotopic (exact) mass is 302 g/mol. The van der Waals surface area contributed by atoms with Gasteiger partial charge in [-0.05, 0) is 24.3 Å². The summed E-state index contributed by atoms with van der Waals surface area (Å²) in [4.78, 5) is 24.5. The van der Waals surface area contributed by atoms with Crippen molar-refractivity contribution in [1.29, 1.82) is 0 Å². The quantitative estimate of drug-likeness (QED) is 0.797. The first-order chi connectivity index (χ1) is 10.2. The minimum absolute atomic E-state index is 0.00791. The highest BCUT2D eigenvalue weighted by Crippen LogP contribution is 2.16. The molecule has 108 valence electrons. The molecule has 3 rings (SSSR count). The zero-order chi connectivity index (χ0) is 14.7. The van der Waals surface area contributed by atoms with Crippen LogP contribution < -0.4 is 4.90 Å². The van der Waals surface area contributed by atoms with Crippen molar-refractivity contribution in [3.05, 3.63) is 53.6 Å². The summed E-state index contributed by atoms with van der Waals surface area (Å²) in [7, 11) is 0. The predicted molar refractivity (Wildman–Crippen MR) is 81.6 cm³/mol. The van der Waals surface area contributed by atoms with Crippen molar-refractivity contribution in [2.24, 2.45) is 0 Å². The van der Waals surface area contributed by atoms with Gasteiger partial charge in [0.15, 0.2) is 0 Å². The van der Waals surface area contributed by atoms with E-state index in [-0.39, 0.29) is 5.91 Å². The van der Waals surface area contributed by atoms with Crippen molar-refractivity contribution < 1.29 is 4.79 Å². The van der Waals surface area contributed by atoms with Gasteiger partial charge < -0.3 is 9.80 Å². The van der Waals surface area contributed by atoms with Crippen LogP contribution in [0.3, 0.4) is 0 Å². The standard InChI is InChI=1S/C15H15ClN4O/c16-14-2-1-12(11-18-14)15(21)20-9-7-19(8-10-20)13-3-5-17-6-4-13/h1-6,11H,7-10H2. The molecule has 21 heavy (non-hydrogen) atoms. The lowest BCUT2D eigenvalue weighted by molar-refractivity contribution is 0.0746. The van der Waals surface area contributed by atoms with Gasteiger partial charge in [-0.25, -0.2) is 4.98 Å². The van der Waals surface area contributed by atoms with Crippen molar-refractivity contribution >= 4 is 23.2 Å². The molecule has 0 bridgehead atoms. The second-order valence-corrected chi connectivity index (χ2v) is 5.24. The van der Waals surface area contributed by atoms with E-state index in [1.807, 2.05) is 17.0 Å². The molecule has 0 saturated carbocycles. The van der Waals surface area contributed by atoms with Crippen LogP contribution in [-0.2, 0) is 0 Å². The first kappa shape index (κ1) is 13.8. The lowest BCUT2D eigenvalue weighted by atomic mass is 10.2. The predicted octanol–water partition coefficient (Wildman–Crippen LogP) is 2.09. The lowest BCUT2D eigenvalue weighted by Gasteiger charge is -2.36. The summed E-state index contributed by atoms with van der Waals surface area (Å²) in [5.41, 5.74) is 1.72. The molecular weight excluding hydrogens is 288 g/mol. The molecule has 1 aliphatic rings. The molecule has 0 unspecified atom stereocenters. The van der Waals surface area contributed by atoms with Crippen LogP contribution >= 0.6 is 11.6 Å². The second-order valence-electron chi connectivity index (χ2n) is 4.85. The zero-order valence-corrected chi connectivity index (χ0v) is 12.2. The number of rotatable bonds is 2. The number of amides is 1. The Kier molecular flexibility index (Phi) is 4.01. The molecule has 0 atom stereocenters. The number of hydrogen-bond acceptors (Lipinski definition) is 4. The third-order valence-corrected chi connectivity index (χ3v) is 3.79. The molecule has 3 heterocycles. The van der Waals surface area contributed by atoms with E-state index < -0.39 is 0 Å². The van der Waals surface area contributed by atoms with E-state index >= 15 is 0 Å². The molecule has 0 spiro atoms. The smallest absolute Gasteiger partial charge is 0.255 e. The lowest BCUT2D eigenvalue weighted by Crippen LogP contribution is -2.48. The van der Waals surface area contributed by atoms with Gasteiger partial charge in [0, 0.05) is 50.5 Å². The first-order valence-electron chi connectivity index (χ1n) is 6.80. The molecular formula is C15H15ClN4O. The highest BCUT2D eigenvalue weighted by molar-refractivity contribution is 6.29. The van der Waals surface area contributed by atoms with E-state index in [1.165, 1.54) is 6.20 Å². The zero-order valence-electron chi connectivity index (χ0n) is 11.4. The molecule has 0 N–H and O–H groups in total. The van der Waals surface area contributed by atoms with E-state index in [4.69, 9.17) is 11.6 Å². The Bertz CT molecular complexity index is 609. The number of hydrogen-bond donors (Lipinski definition) is 0. The third kappa shape index (κ3) is 3.13. The largest absolute Gasteiger partial charge is 0.368 e. The molecule has 0 radical (unpaired) electrons. The fraction of sp³-hybridized carbons (Fsp3) is 0.267. The highest BCUT2D eigenvalue weighted by atomic mass is 35.5. The van der Waals surface area contributed by atoms with E-state index in [0.717, 1.165) is 18.8 Å². The van der Waals surface area contributed by atoms with Gasteiger partial charge in [-0.2, -0.15) is 0 Å². The maximum Gasteiger partial charge on any atom is 0.255 e. The van der Waals surface area contributed by atoms with Crippen LogP contribution in [0.5, 0.6) is 0 Å². The van der Waals surface area contributed by atoms with Gasteiger partial charge in [0.25, 0.3) is 5.91 Å². The van der Waals surface area contributed by atoms with Gasteiger partial charge in [-0.3, -0.25) is 9.78 Å². The minimum atomic E-state index is 0.00791. The SMILES string of the molecule is O=C(c1ccc(Cl)nc1)N1CCN(c2ccncc2)CC1. The van der Waals surface area contributed by atoms with E-state index in [2.05, 4.69) is 14.9 Å². The summed E-state index contributed by atoms with van der Waals surface area (Å²) in [6, 6.07) is 7.33. The van der Waals surface area contributed by atoms with Crippen molar-refractivity contribution in [2.45, 2.75) is 0 Å². The van der Waals surface area contributed by atoms with Crippen LogP contribution in [-0.4, -0.2) is 47.0 Å². The highest BCUT2D eigenvalue weighted by Gasteiger charge is 2.22. The number of aromatic nitrogens is 2. The molecule has 5 nitrogen and oxygen atoms in total. The van der Waals surface area contributed by atoms with Crippen molar-refractivity contribution in [3.8, 4) is 0 Å². The average molecular weight is 303 g/mol. The fourth-order valence-corrected chi connectivity index (χ4v) is 2.52. The van der Waals surface area contributed by atoms with E-state index in [9.17, 15) is 4.79 Å². The average Bonchev–Trinajstić information content (AvgIpc) is 2.56. The van der Waals surface area contributed by atoms with Crippen LogP contribution in [0, 0.1) is 0 Å². The van der Waals surface area contributed by atoms with Crippen LogP contribution in [0.4, 0.5) is 5.69 Å². The van der Waals surface area contributed by atoms with Crippen molar-refractivity contribution in [1.82, 2.24) is 14.9 Å². The number of pyridine rings is 2. The van der Waals surface area contributed by atoms with Gasteiger partial charge in [-0.1, -0.05) is 11.6 Å². The van der Waals surface area contributed by atoms with Crippen LogP contribution in [0.2, 0.25) is 5.15 Å². The molecule has 0 aliphatic carbocycles. The maximum absolute atomic E-state index is 12.4. The molecule has 1 fully saturated rings. The molecule has 1 amide bonds. The van der Waals surface area contributed by atoms with E-state index in [0.29, 0.717) is 23.8 Å². The summed E-state index contributed by atoms with van der Waals surface area (Å²) in [6.07, 6.45) is 5.10. The summed E-state index contributed by atoms with van der Waals surface area (Å²) in [5.74, 6) is 0.00791. The molecule has 2 aromatic rings. The van der Waals surface area contributed by atoms with Crippen LogP contribution in [0.25, 0.3) is 0 Å². The topological polar surface area (TPSA) is 49.3 Å². The molecule has 0 aromatic carbocycles. The number of carbonyl (C=O) groups is 1. The van der Waals surface area contributed by atoms with Crippen molar-refractivity contribution in [3.63, 3.8) is 0 Å². The Balaban J connectivity index is 1.63. The Morgan fingerprint density at radius 1 is 1.05 bits per heavy atom. The number of halogens is 1. The number of anilines is 1. The second kappa shape index (κ2) is 6.10. The Hall–Kier alpha value is -2.14. The fourth-order valence-electron chi connectivity index (χ4n) is 2.41. The first-order valence-corrected chi connectivity index (χ1v) is 7.17. The van der Waals surface area contributed by atoms with Gasteiger partial charge >= 0.3 is 0 Å². The molecule has 1 aliphatic heterocycles. The van der Waals surface area contributed by atoms with Gasteiger partial charge in [-0.15, -0.1) is 0 Å². The summed E-state index contributed by atoms with van der Waals surface area (Å²) >= 11 is 5.74. The summed E-state index contributed by atoms with van der Waals surface area (Å²) < 4.78 is 0. The molecule has 1 saturated heterocycles. The summed E-state index contributed by atoms with van der Waals surface area (Å²) in [5, 5.41) is 0.397. The number of nitrogens with zero attached hydrogens (tertiary/aromatic N) is 4.